The molecule has 0 aliphatic heterocycles. The quantitative estimate of drug-likeness (QED) is 0.284. The third-order valence-electron chi connectivity index (χ3n) is 6.76. The SMILES string of the molecule is CCCCNC(=O)[C@@H](C)N(Cc1ccc(OC)cc1)C(=O)CN(c1ccccc1CC)S(=O)(=O)c1ccccc1. The number of aryl methyl sites for hydroxylation is 1. The van der Waals surface area contributed by atoms with E-state index in [1.54, 1.807) is 56.5 Å². The number of para-hydroxylation sites is 1. The van der Waals surface area contributed by atoms with E-state index in [9.17, 15) is 18.0 Å². The van der Waals surface area contributed by atoms with Gasteiger partial charge in [-0.2, -0.15) is 0 Å². The van der Waals surface area contributed by atoms with Gasteiger partial charge in [0.15, 0.2) is 0 Å². The first-order valence-electron chi connectivity index (χ1n) is 13.6. The third-order valence-corrected chi connectivity index (χ3v) is 8.53. The standard InChI is InChI=1S/C31H39N3O5S/c1-5-7-21-32-31(36)24(3)33(22-25-17-19-27(39-4)20-18-25)30(35)23-34(29-16-12-11-13-26(29)6-2)40(37,38)28-14-9-8-10-15-28/h8-20,24H,5-7,21-23H2,1-4H3,(H,32,36)/t24-/m1/s1. The van der Waals surface area contributed by atoms with Gasteiger partial charge in [0, 0.05) is 13.1 Å². The van der Waals surface area contributed by atoms with Gasteiger partial charge in [0.1, 0.15) is 18.3 Å². The summed E-state index contributed by atoms with van der Waals surface area (Å²) in [6, 6.07) is 21.6. The number of carbonyl (C=O) groups is 2. The van der Waals surface area contributed by atoms with E-state index in [0.717, 1.165) is 28.3 Å². The molecule has 214 valence electrons. The Morgan fingerprint density at radius 2 is 1.57 bits per heavy atom. The maximum atomic E-state index is 14.0. The zero-order chi connectivity index (χ0) is 29.1. The molecule has 3 aromatic carbocycles. The molecule has 0 aliphatic carbocycles. The van der Waals surface area contributed by atoms with E-state index in [-0.39, 0.29) is 17.3 Å². The Morgan fingerprint density at radius 3 is 2.20 bits per heavy atom. The number of nitrogens with one attached hydrogen (secondary N) is 1. The number of anilines is 1. The summed E-state index contributed by atoms with van der Waals surface area (Å²) in [5, 5.41) is 2.90. The van der Waals surface area contributed by atoms with Gasteiger partial charge in [0.05, 0.1) is 17.7 Å². The number of ether oxygens (including phenoxy) is 1. The summed E-state index contributed by atoms with van der Waals surface area (Å²) in [6.45, 7) is 5.80. The van der Waals surface area contributed by atoms with Crippen LogP contribution >= 0.6 is 0 Å². The highest BCUT2D eigenvalue weighted by Gasteiger charge is 2.33. The first-order valence-corrected chi connectivity index (χ1v) is 15.0. The van der Waals surface area contributed by atoms with Gasteiger partial charge in [-0.3, -0.25) is 13.9 Å². The lowest BCUT2D eigenvalue weighted by Crippen LogP contribution is -2.51. The lowest BCUT2D eigenvalue weighted by Gasteiger charge is -2.32. The van der Waals surface area contributed by atoms with Crippen molar-refractivity contribution in [3.8, 4) is 5.75 Å². The largest absolute Gasteiger partial charge is 0.497 e. The van der Waals surface area contributed by atoms with Crippen LogP contribution < -0.4 is 14.4 Å². The molecule has 0 heterocycles. The van der Waals surface area contributed by atoms with E-state index < -0.39 is 28.5 Å². The zero-order valence-electron chi connectivity index (χ0n) is 23.7. The van der Waals surface area contributed by atoms with Crippen LogP contribution in [0.25, 0.3) is 0 Å². The van der Waals surface area contributed by atoms with Gasteiger partial charge in [-0.1, -0.05) is 68.8 Å². The number of unbranched alkanes of at least 4 members (excludes halogenated alkanes) is 1. The molecular formula is C31H39N3O5S. The number of hydrogen-bond donors (Lipinski definition) is 1. The van der Waals surface area contributed by atoms with E-state index >= 15 is 0 Å². The summed E-state index contributed by atoms with van der Waals surface area (Å²) < 4.78 is 34.3. The number of nitrogens with zero attached hydrogens (tertiary/aromatic N) is 2. The molecule has 0 aliphatic rings. The minimum atomic E-state index is -4.09. The summed E-state index contributed by atoms with van der Waals surface area (Å²) in [5.41, 5.74) is 2.02. The van der Waals surface area contributed by atoms with Gasteiger partial charge in [0.2, 0.25) is 11.8 Å². The highest BCUT2D eigenvalue weighted by molar-refractivity contribution is 7.92. The number of rotatable bonds is 14. The Kier molecular flexibility index (Phi) is 11.1. The minimum absolute atomic E-state index is 0.0840. The molecule has 0 saturated carbocycles. The third kappa shape index (κ3) is 7.63. The predicted octanol–water partition coefficient (Wildman–Crippen LogP) is 4.79. The van der Waals surface area contributed by atoms with Crippen molar-refractivity contribution >= 4 is 27.5 Å². The van der Waals surface area contributed by atoms with Gasteiger partial charge in [-0.15, -0.1) is 0 Å². The van der Waals surface area contributed by atoms with Gasteiger partial charge in [-0.05, 0) is 61.2 Å². The van der Waals surface area contributed by atoms with E-state index in [4.69, 9.17) is 4.74 Å². The normalized spacial score (nSPS) is 11.9. The van der Waals surface area contributed by atoms with Crippen LogP contribution in [0.4, 0.5) is 5.69 Å². The van der Waals surface area contributed by atoms with Crippen LogP contribution in [0.3, 0.4) is 0 Å². The maximum absolute atomic E-state index is 14.0. The predicted molar refractivity (Wildman–Crippen MR) is 158 cm³/mol. The topological polar surface area (TPSA) is 96.0 Å². The molecule has 0 unspecified atom stereocenters. The summed E-state index contributed by atoms with van der Waals surface area (Å²) >= 11 is 0. The Bertz CT molecular complexity index is 1360. The molecule has 0 spiro atoms. The number of methoxy groups -OCH3 is 1. The Morgan fingerprint density at radius 1 is 0.925 bits per heavy atom. The van der Waals surface area contributed by atoms with Crippen molar-refractivity contribution in [3.63, 3.8) is 0 Å². The van der Waals surface area contributed by atoms with Crippen LogP contribution in [0.5, 0.6) is 5.75 Å². The molecule has 0 bridgehead atoms. The lowest BCUT2D eigenvalue weighted by atomic mass is 10.1. The number of hydrogen-bond acceptors (Lipinski definition) is 5. The lowest BCUT2D eigenvalue weighted by molar-refractivity contribution is -0.139. The molecule has 0 aromatic heterocycles. The summed E-state index contributed by atoms with van der Waals surface area (Å²) in [6.07, 6.45) is 2.32. The zero-order valence-corrected chi connectivity index (χ0v) is 24.5. The smallest absolute Gasteiger partial charge is 0.264 e. The van der Waals surface area contributed by atoms with Crippen molar-refractivity contribution in [2.75, 3.05) is 24.5 Å². The average molecular weight is 566 g/mol. The highest BCUT2D eigenvalue weighted by atomic mass is 32.2. The highest BCUT2D eigenvalue weighted by Crippen LogP contribution is 2.28. The molecule has 40 heavy (non-hydrogen) atoms. The van der Waals surface area contributed by atoms with Crippen LogP contribution in [0.1, 0.15) is 44.7 Å². The molecule has 3 rings (SSSR count). The molecular weight excluding hydrogens is 526 g/mol. The van der Waals surface area contributed by atoms with Crippen LogP contribution in [0, 0.1) is 0 Å². The van der Waals surface area contributed by atoms with E-state index in [1.165, 1.54) is 17.0 Å². The number of carbonyl (C=O) groups excluding carboxylic acids is 2. The first kappa shape index (κ1) is 30.7. The molecule has 1 N–H and O–H groups in total. The summed E-state index contributed by atoms with van der Waals surface area (Å²) in [7, 11) is -2.52. The van der Waals surface area contributed by atoms with E-state index in [1.807, 2.05) is 38.1 Å². The van der Waals surface area contributed by atoms with Crippen molar-refractivity contribution in [1.29, 1.82) is 0 Å². The Balaban J connectivity index is 2.01. The van der Waals surface area contributed by atoms with Crippen molar-refractivity contribution in [3.05, 3.63) is 90.0 Å². The van der Waals surface area contributed by atoms with Crippen LogP contribution in [0.15, 0.2) is 83.8 Å². The van der Waals surface area contributed by atoms with Gasteiger partial charge < -0.3 is 15.0 Å². The van der Waals surface area contributed by atoms with Crippen molar-refractivity contribution in [2.24, 2.45) is 0 Å². The number of amides is 2. The fourth-order valence-corrected chi connectivity index (χ4v) is 5.81. The van der Waals surface area contributed by atoms with Crippen LogP contribution in [-0.4, -0.2) is 51.4 Å². The molecule has 3 aromatic rings. The van der Waals surface area contributed by atoms with E-state index in [0.29, 0.717) is 24.4 Å². The second-order valence-electron chi connectivity index (χ2n) is 9.50. The van der Waals surface area contributed by atoms with Crippen molar-refractivity contribution < 1.29 is 22.7 Å². The van der Waals surface area contributed by atoms with Crippen molar-refractivity contribution in [1.82, 2.24) is 10.2 Å². The van der Waals surface area contributed by atoms with Gasteiger partial charge in [-0.25, -0.2) is 8.42 Å². The Hall–Kier alpha value is -3.85. The molecule has 9 heteroatoms. The fourth-order valence-electron chi connectivity index (χ4n) is 4.33. The molecule has 2 amide bonds. The fraction of sp³-hybridized carbons (Fsp3) is 0.355. The van der Waals surface area contributed by atoms with Crippen LogP contribution in [-0.2, 0) is 32.6 Å². The summed E-state index contributed by atoms with van der Waals surface area (Å²) in [5.74, 6) is -0.107. The molecule has 0 fully saturated rings. The second kappa shape index (κ2) is 14.5. The summed E-state index contributed by atoms with van der Waals surface area (Å²) in [4.78, 5) is 28.6. The maximum Gasteiger partial charge on any atom is 0.264 e. The monoisotopic (exact) mass is 565 g/mol. The van der Waals surface area contributed by atoms with Crippen LogP contribution in [0.2, 0.25) is 0 Å². The molecule has 1 atom stereocenters. The molecule has 0 saturated heterocycles. The number of benzene rings is 3. The minimum Gasteiger partial charge on any atom is -0.497 e. The second-order valence-corrected chi connectivity index (χ2v) is 11.4. The van der Waals surface area contributed by atoms with Gasteiger partial charge >= 0.3 is 0 Å². The Labute approximate surface area is 238 Å². The van der Waals surface area contributed by atoms with Crippen molar-refractivity contribution in [2.45, 2.75) is 57.5 Å². The van der Waals surface area contributed by atoms with E-state index in [2.05, 4.69) is 5.32 Å². The average Bonchev–Trinajstić information content (AvgIpc) is 2.98. The van der Waals surface area contributed by atoms with Gasteiger partial charge in [0.25, 0.3) is 10.0 Å². The number of sulfonamides is 1. The molecule has 8 nitrogen and oxygen atoms in total. The first-order chi connectivity index (χ1) is 19.2. The molecule has 0 radical (unpaired) electrons.